The third-order valence-electron chi connectivity index (χ3n) is 2.58. The van der Waals surface area contributed by atoms with Crippen LogP contribution in [0.25, 0.3) is 0 Å². The molecule has 0 aliphatic rings. The Morgan fingerprint density at radius 1 is 1.38 bits per heavy atom. The monoisotopic (exact) mass is 319 g/mol. The Morgan fingerprint density at radius 2 is 2.00 bits per heavy atom. The van der Waals surface area contributed by atoms with Gasteiger partial charge in [0.2, 0.25) is 10.0 Å². The van der Waals surface area contributed by atoms with E-state index in [2.05, 4.69) is 10.0 Å². The lowest BCUT2D eigenvalue weighted by molar-refractivity contribution is -0.385. The summed E-state index contributed by atoms with van der Waals surface area (Å²) >= 11 is 0. The molecule has 0 radical (unpaired) electrons. The van der Waals surface area contributed by atoms with Gasteiger partial charge in [-0.25, -0.2) is 17.5 Å². The predicted molar refractivity (Wildman–Crippen MR) is 76.8 cm³/mol. The summed E-state index contributed by atoms with van der Waals surface area (Å²) in [4.78, 5) is 10.3. The standard InChI is InChI=1S/C12H18FN3O4S/c1-12(2,15-21(3,19)20)8-14-7-9-6-10(13)4-5-11(9)16(17)18/h4-6,14-15H,7-8H2,1-3H3. The van der Waals surface area contributed by atoms with Crippen molar-refractivity contribution in [2.24, 2.45) is 0 Å². The van der Waals surface area contributed by atoms with Gasteiger partial charge in [-0.1, -0.05) is 0 Å². The van der Waals surface area contributed by atoms with Gasteiger partial charge in [0.15, 0.2) is 0 Å². The van der Waals surface area contributed by atoms with Crippen LogP contribution in [0.1, 0.15) is 19.4 Å². The van der Waals surface area contributed by atoms with Gasteiger partial charge < -0.3 is 5.32 Å². The van der Waals surface area contributed by atoms with Gasteiger partial charge in [0.05, 0.1) is 11.2 Å². The number of nitrogens with zero attached hydrogens (tertiary/aromatic N) is 1. The first-order chi connectivity index (χ1) is 9.50. The summed E-state index contributed by atoms with van der Waals surface area (Å²) in [5, 5.41) is 13.7. The highest BCUT2D eigenvalue weighted by molar-refractivity contribution is 7.88. The maximum atomic E-state index is 13.2. The Bertz CT molecular complexity index is 631. The number of benzene rings is 1. The van der Waals surface area contributed by atoms with Crippen molar-refractivity contribution in [3.63, 3.8) is 0 Å². The minimum Gasteiger partial charge on any atom is -0.311 e. The molecule has 118 valence electrons. The maximum absolute atomic E-state index is 13.2. The van der Waals surface area contributed by atoms with Gasteiger partial charge >= 0.3 is 0 Å². The van der Waals surface area contributed by atoms with Crippen LogP contribution in [-0.4, -0.2) is 31.7 Å². The predicted octanol–water partition coefficient (Wildman–Crippen LogP) is 1.15. The first kappa shape index (κ1) is 17.5. The van der Waals surface area contributed by atoms with E-state index in [0.717, 1.165) is 24.5 Å². The Hall–Kier alpha value is -1.58. The molecule has 0 bridgehead atoms. The lowest BCUT2D eigenvalue weighted by atomic mass is 10.1. The summed E-state index contributed by atoms with van der Waals surface area (Å²) in [7, 11) is -3.36. The number of hydrogen-bond acceptors (Lipinski definition) is 5. The molecule has 2 N–H and O–H groups in total. The number of halogens is 1. The molecule has 0 amide bonds. The van der Waals surface area contributed by atoms with Gasteiger partial charge in [0, 0.05) is 30.3 Å². The second-order valence-corrected chi connectivity index (χ2v) is 7.14. The molecule has 0 atom stereocenters. The molecule has 1 aromatic carbocycles. The van der Waals surface area contributed by atoms with Crippen molar-refractivity contribution in [1.29, 1.82) is 0 Å². The normalized spacial score (nSPS) is 12.4. The zero-order chi connectivity index (χ0) is 16.3. The SMILES string of the molecule is CC(C)(CNCc1cc(F)ccc1[N+](=O)[O-])NS(C)(=O)=O. The van der Waals surface area contributed by atoms with Crippen molar-refractivity contribution in [3.8, 4) is 0 Å². The van der Waals surface area contributed by atoms with Crippen molar-refractivity contribution < 1.29 is 17.7 Å². The van der Waals surface area contributed by atoms with Crippen LogP contribution in [0.5, 0.6) is 0 Å². The van der Waals surface area contributed by atoms with Crippen molar-refractivity contribution in [2.75, 3.05) is 12.8 Å². The molecule has 0 aliphatic heterocycles. The number of rotatable bonds is 7. The minimum atomic E-state index is -3.36. The lowest BCUT2D eigenvalue weighted by Crippen LogP contribution is -2.49. The number of nitro groups is 1. The summed E-state index contributed by atoms with van der Waals surface area (Å²) in [5.41, 5.74) is -0.747. The Morgan fingerprint density at radius 3 is 2.52 bits per heavy atom. The van der Waals surface area contributed by atoms with Crippen LogP contribution in [0.3, 0.4) is 0 Å². The largest absolute Gasteiger partial charge is 0.311 e. The van der Waals surface area contributed by atoms with E-state index < -0.39 is 26.3 Å². The summed E-state index contributed by atoms with van der Waals surface area (Å²) in [5.74, 6) is -0.564. The molecule has 0 aliphatic carbocycles. The fourth-order valence-corrected chi connectivity index (χ4v) is 3.00. The molecule has 1 aromatic rings. The van der Waals surface area contributed by atoms with E-state index in [9.17, 15) is 22.9 Å². The van der Waals surface area contributed by atoms with Gasteiger partial charge in [0.1, 0.15) is 5.82 Å². The fraction of sp³-hybridized carbons (Fsp3) is 0.500. The Balaban J connectivity index is 2.72. The quantitative estimate of drug-likeness (QED) is 0.580. The highest BCUT2D eigenvalue weighted by atomic mass is 32.2. The number of nitrogens with one attached hydrogen (secondary N) is 2. The average Bonchev–Trinajstić information content (AvgIpc) is 2.24. The maximum Gasteiger partial charge on any atom is 0.274 e. The second-order valence-electron chi connectivity index (χ2n) is 5.39. The summed E-state index contributed by atoms with van der Waals surface area (Å²) in [6, 6.07) is 3.21. The zero-order valence-corrected chi connectivity index (χ0v) is 12.8. The number of sulfonamides is 1. The second kappa shape index (κ2) is 6.46. The molecule has 0 spiro atoms. The summed E-state index contributed by atoms with van der Waals surface area (Å²) in [6.07, 6.45) is 1.05. The molecule has 1 rings (SSSR count). The van der Waals surface area contributed by atoms with Crippen LogP contribution in [0.2, 0.25) is 0 Å². The lowest BCUT2D eigenvalue weighted by Gasteiger charge is -2.25. The number of nitro benzene ring substituents is 1. The van der Waals surface area contributed by atoms with Gasteiger partial charge in [-0.05, 0) is 26.0 Å². The molecule has 0 fully saturated rings. The van der Waals surface area contributed by atoms with Gasteiger partial charge in [0.25, 0.3) is 5.69 Å². The van der Waals surface area contributed by atoms with Crippen LogP contribution in [0.4, 0.5) is 10.1 Å². The molecule has 0 saturated heterocycles. The first-order valence-corrected chi connectivity index (χ1v) is 8.02. The van der Waals surface area contributed by atoms with E-state index in [1.807, 2.05) is 0 Å². The topological polar surface area (TPSA) is 101 Å². The first-order valence-electron chi connectivity index (χ1n) is 6.13. The van der Waals surface area contributed by atoms with Crippen LogP contribution >= 0.6 is 0 Å². The van der Waals surface area contributed by atoms with E-state index in [0.29, 0.717) is 0 Å². The van der Waals surface area contributed by atoms with E-state index >= 15 is 0 Å². The van der Waals surface area contributed by atoms with Crippen LogP contribution in [-0.2, 0) is 16.6 Å². The van der Waals surface area contributed by atoms with Crippen molar-refractivity contribution in [1.82, 2.24) is 10.0 Å². The molecular formula is C12H18FN3O4S. The molecule has 7 nitrogen and oxygen atoms in total. The van der Waals surface area contributed by atoms with E-state index in [1.165, 1.54) is 0 Å². The zero-order valence-electron chi connectivity index (χ0n) is 12.0. The molecule has 9 heteroatoms. The van der Waals surface area contributed by atoms with Crippen molar-refractivity contribution >= 4 is 15.7 Å². The third-order valence-corrected chi connectivity index (χ3v) is 3.51. The molecular weight excluding hydrogens is 301 g/mol. The fourth-order valence-electron chi connectivity index (χ4n) is 1.92. The van der Waals surface area contributed by atoms with Crippen LogP contribution < -0.4 is 10.0 Å². The molecule has 21 heavy (non-hydrogen) atoms. The molecule has 0 aromatic heterocycles. The molecule has 0 heterocycles. The third kappa shape index (κ3) is 6.15. The smallest absolute Gasteiger partial charge is 0.274 e. The summed E-state index contributed by atoms with van der Waals surface area (Å²) < 4.78 is 38.0. The average molecular weight is 319 g/mol. The van der Waals surface area contributed by atoms with Crippen LogP contribution in [0.15, 0.2) is 18.2 Å². The summed E-state index contributed by atoms with van der Waals surface area (Å²) in [6.45, 7) is 3.62. The van der Waals surface area contributed by atoms with E-state index in [1.54, 1.807) is 13.8 Å². The van der Waals surface area contributed by atoms with Crippen LogP contribution in [0, 0.1) is 15.9 Å². The molecule has 0 saturated carbocycles. The minimum absolute atomic E-state index is 0.0585. The van der Waals surface area contributed by atoms with Crippen molar-refractivity contribution in [2.45, 2.75) is 25.9 Å². The molecule has 0 unspecified atom stereocenters. The van der Waals surface area contributed by atoms with Gasteiger partial charge in [-0.15, -0.1) is 0 Å². The Labute approximate surface area is 122 Å². The highest BCUT2D eigenvalue weighted by Gasteiger charge is 2.22. The van der Waals surface area contributed by atoms with E-state index in [4.69, 9.17) is 0 Å². The van der Waals surface area contributed by atoms with Gasteiger partial charge in [-0.2, -0.15) is 0 Å². The highest BCUT2D eigenvalue weighted by Crippen LogP contribution is 2.19. The van der Waals surface area contributed by atoms with Gasteiger partial charge in [-0.3, -0.25) is 10.1 Å². The Kier molecular flexibility index (Phi) is 5.37. The number of hydrogen-bond donors (Lipinski definition) is 2. The van der Waals surface area contributed by atoms with E-state index in [-0.39, 0.29) is 24.3 Å². The van der Waals surface area contributed by atoms with Crippen molar-refractivity contribution in [3.05, 3.63) is 39.7 Å².